The molecule has 5 rings (SSSR count). The van der Waals surface area contributed by atoms with E-state index >= 15 is 0 Å². The van der Waals surface area contributed by atoms with Crippen LogP contribution in [0.15, 0.2) is 61.7 Å². The molecule has 0 saturated carbocycles. The Morgan fingerprint density at radius 3 is 2.50 bits per heavy atom. The topological polar surface area (TPSA) is 112 Å². The standard InChI is InChI=1S/C29H29N7O2/c1-4-24(37)35-16-12-20(13-17-35)6-11-23-25(26-27(30)33-18-34-28(26)36(23)19(2)3)21-7-9-22(10-8-21)38-29-31-14-5-15-32-29/h4-5,7-10,14-15,18-20H,1,12-13,16-17H2,2-3H3,(H2,30,33,34). The largest absolute Gasteiger partial charge is 0.424 e. The number of anilines is 1. The van der Waals surface area contributed by atoms with Gasteiger partial charge in [0.05, 0.1) is 5.39 Å². The van der Waals surface area contributed by atoms with Crippen LogP contribution >= 0.6 is 0 Å². The van der Waals surface area contributed by atoms with Gasteiger partial charge in [0.25, 0.3) is 0 Å². The Morgan fingerprint density at radius 2 is 1.84 bits per heavy atom. The van der Waals surface area contributed by atoms with Crippen LogP contribution in [0.3, 0.4) is 0 Å². The van der Waals surface area contributed by atoms with Crippen LogP contribution in [0.2, 0.25) is 0 Å². The highest BCUT2D eigenvalue weighted by atomic mass is 16.5. The summed E-state index contributed by atoms with van der Waals surface area (Å²) in [5, 5.41) is 0.775. The number of nitrogens with two attached hydrogens (primary N) is 1. The van der Waals surface area contributed by atoms with E-state index in [0.717, 1.165) is 40.7 Å². The maximum atomic E-state index is 12.0. The molecule has 1 aliphatic heterocycles. The first-order valence-corrected chi connectivity index (χ1v) is 12.6. The number of benzene rings is 1. The SMILES string of the molecule is C=CC(=O)N1CCC(C#Cc2c(-c3ccc(Oc4ncccn4)cc3)c3c(N)ncnc3n2C(C)C)CC1. The fourth-order valence-electron chi connectivity index (χ4n) is 4.74. The predicted molar refractivity (Wildman–Crippen MR) is 146 cm³/mol. The number of fused-ring (bicyclic) bond motifs is 1. The van der Waals surface area contributed by atoms with Gasteiger partial charge in [-0.15, -0.1) is 0 Å². The predicted octanol–water partition coefficient (Wildman–Crippen LogP) is 4.62. The highest BCUT2D eigenvalue weighted by molar-refractivity contribution is 6.03. The molecule has 4 heterocycles. The maximum Gasteiger partial charge on any atom is 0.321 e. The molecule has 9 nitrogen and oxygen atoms in total. The number of hydrogen-bond acceptors (Lipinski definition) is 7. The van der Waals surface area contributed by atoms with Gasteiger partial charge in [-0.3, -0.25) is 4.79 Å². The van der Waals surface area contributed by atoms with Gasteiger partial charge in [0, 0.05) is 43.0 Å². The Bertz CT molecular complexity index is 1520. The average Bonchev–Trinajstić information content (AvgIpc) is 3.28. The van der Waals surface area contributed by atoms with E-state index in [-0.39, 0.29) is 23.9 Å². The minimum absolute atomic E-state index is 0.0288. The van der Waals surface area contributed by atoms with Gasteiger partial charge in [-0.05, 0) is 62.4 Å². The van der Waals surface area contributed by atoms with Crippen LogP contribution in [-0.4, -0.2) is 48.4 Å². The van der Waals surface area contributed by atoms with Gasteiger partial charge in [-0.2, -0.15) is 0 Å². The number of ether oxygens (including phenoxy) is 1. The molecule has 0 bridgehead atoms. The van der Waals surface area contributed by atoms with Crippen LogP contribution in [0, 0.1) is 17.8 Å². The van der Waals surface area contributed by atoms with E-state index in [1.807, 2.05) is 29.2 Å². The number of likely N-dealkylation sites (tertiary alicyclic amines) is 1. The summed E-state index contributed by atoms with van der Waals surface area (Å²) in [5.74, 6) is 8.13. The van der Waals surface area contributed by atoms with E-state index in [1.165, 1.54) is 12.4 Å². The summed E-state index contributed by atoms with van der Waals surface area (Å²) in [7, 11) is 0. The number of piperidine rings is 1. The van der Waals surface area contributed by atoms with Crippen LogP contribution < -0.4 is 10.5 Å². The number of amides is 1. The van der Waals surface area contributed by atoms with Gasteiger partial charge in [0.1, 0.15) is 29.2 Å². The van der Waals surface area contributed by atoms with Crippen molar-refractivity contribution in [1.29, 1.82) is 0 Å². The van der Waals surface area contributed by atoms with E-state index < -0.39 is 0 Å². The van der Waals surface area contributed by atoms with Crippen molar-refractivity contribution in [1.82, 2.24) is 29.4 Å². The van der Waals surface area contributed by atoms with Crippen molar-refractivity contribution in [2.24, 2.45) is 5.92 Å². The van der Waals surface area contributed by atoms with Crippen molar-refractivity contribution in [3.63, 3.8) is 0 Å². The van der Waals surface area contributed by atoms with Gasteiger partial charge in [-0.1, -0.05) is 24.6 Å². The minimum atomic E-state index is -0.0288. The third-order valence-electron chi connectivity index (χ3n) is 6.60. The smallest absolute Gasteiger partial charge is 0.321 e. The van der Waals surface area contributed by atoms with Gasteiger partial charge in [0.15, 0.2) is 0 Å². The molecule has 1 aromatic carbocycles. The van der Waals surface area contributed by atoms with E-state index in [2.05, 4.69) is 56.8 Å². The molecule has 0 aliphatic carbocycles. The molecule has 1 saturated heterocycles. The Morgan fingerprint density at radius 1 is 1.13 bits per heavy atom. The number of aromatic nitrogens is 5. The summed E-state index contributed by atoms with van der Waals surface area (Å²) in [6, 6.07) is 9.78. The third-order valence-corrected chi connectivity index (χ3v) is 6.60. The molecular weight excluding hydrogens is 478 g/mol. The molecule has 1 fully saturated rings. The number of carbonyl (C=O) groups excluding carboxylic acids is 1. The molecule has 1 aliphatic rings. The zero-order valence-corrected chi connectivity index (χ0v) is 21.5. The molecule has 2 N–H and O–H groups in total. The van der Waals surface area contributed by atoms with Crippen molar-refractivity contribution in [3.8, 4) is 34.7 Å². The summed E-state index contributed by atoms with van der Waals surface area (Å²) in [6.07, 6.45) is 7.76. The second-order valence-corrected chi connectivity index (χ2v) is 9.38. The molecule has 3 aromatic heterocycles. The summed E-state index contributed by atoms with van der Waals surface area (Å²) < 4.78 is 7.89. The monoisotopic (exact) mass is 507 g/mol. The van der Waals surface area contributed by atoms with E-state index in [9.17, 15) is 4.79 Å². The Labute approximate surface area is 221 Å². The molecule has 0 unspecified atom stereocenters. The lowest BCUT2D eigenvalue weighted by molar-refractivity contribution is -0.127. The Hall–Kier alpha value is -4.71. The zero-order valence-electron chi connectivity index (χ0n) is 21.5. The molecule has 38 heavy (non-hydrogen) atoms. The van der Waals surface area contributed by atoms with Gasteiger partial charge >= 0.3 is 6.01 Å². The maximum absolute atomic E-state index is 12.0. The van der Waals surface area contributed by atoms with Crippen molar-refractivity contribution in [2.75, 3.05) is 18.8 Å². The summed E-state index contributed by atoms with van der Waals surface area (Å²) >= 11 is 0. The normalized spacial score (nSPS) is 13.8. The summed E-state index contributed by atoms with van der Waals surface area (Å²) in [6.45, 7) is 9.14. The molecule has 1 amide bonds. The summed E-state index contributed by atoms with van der Waals surface area (Å²) in [5.41, 5.74) is 9.81. The minimum Gasteiger partial charge on any atom is -0.424 e. The second-order valence-electron chi connectivity index (χ2n) is 9.38. The number of carbonyl (C=O) groups is 1. The van der Waals surface area contributed by atoms with E-state index in [4.69, 9.17) is 10.5 Å². The summed E-state index contributed by atoms with van der Waals surface area (Å²) in [4.78, 5) is 30.9. The second kappa shape index (κ2) is 10.7. The lowest BCUT2D eigenvalue weighted by Gasteiger charge is -2.28. The van der Waals surface area contributed by atoms with Crippen molar-refractivity contribution in [2.45, 2.75) is 32.7 Å². The first-order valence-electron chi connectivity index (χ1n) is 12.6. The molecular formula is C29H29N7O2. The van der Waals surface area contributed by atoms with Crippen molar-refractivity contribution < 1.29 is 9.53 Å². The van der Waals surface area contributed by atoms with Crippen LogP contribution in [0.1, 0.15) is 38.4 Å². The Balaban J connectivity index is 1.55. The molecule has 0 radical (unpaired) electrons. The highest BCUT2D eigenvalue weighted by Crippen LogP contribution is 2.39. The first-order chi connectivity index (χ1) is 18.5. The van der Waals surface area contributed by atoms with Gasteiger partial charge < -0.3 is 19.9 Å². The number of nitrogen functional groups attached to an aromatic ring is 1. The molecule has 4 aromatic rings. The van der Waals surface area contributed by atoms with Gasteiger partial charge in [0.2, 0.25) is 5.91 Å². The van der Waals surface area contributed by atoms with Crippen LogP contribution in [0.4, 0.5) is 5.82 Å². The van der Waals surface area contributed by atoms with E-state index in [0.29, 0.717) is 24.7 Å². The van der Waals surface area contributed by atoms with Crippen molar-refractivity contribution >= 4 is 22.8 Å². The van der Waals surface area contributed by atoms with Crippen LogP contribution in [0.25, 0.3) is 22.2 Å². The average molecular weight is 508 g/mol. The van der Waals surface area contributed by atoms with E-state index in [1.54, 1.807) is 18.5 Å². The van der Waals surface area contributed by atoms with Crippen LogP contribution in [0.5, 0.6) is 11.8 Å². The molecule has 0 atom stereocenters. The highest BCUT2D eigenvalue weighted by Gasteiger charge is 2.24. The van der Waals surface area contributed by atoms with Gasteiger partial charge in [-0.25, -0.2) is 19.9 Å². The fourth-order valence-corrected chi connectivity index (χ4v) is 4.74. The van der Waals surface area contributed by atoms with Crippen LogP contribution in [-0.2, 0) is 4.79 Å². The lowest BCUT2D eigenvalue weighted by Crippen LogP contribution is -2.37. The Kier molecular flexibility index (Phi) is 7.05. The first kappa shape index (κ1) is 25.0. The molecule has 192 valence electrons. The fraction of sp³-hybridized carbons (Fsp3) is 0.276. The lowest BCUT2D eigenvalue weighted by atomic mass is 9.96. The number of hydrogen-bond donors (Lipinski definition) is 1. The third kappa shape index (κ3) is 4.93. The zero-order chi connectivity index (χ0) is 26.6. The van der Waals surface area contributed by atoms with Crippen molar-refractivity contribution in [3.05, 3.63) is 67.4 Å². The number of nitrogens with zero attached hydrogens (tertiary/aromatic N) is 6. The number of rotatable bonds is 5. The molecule has 0 spiro atoms. The molecule has 9 heteroatoms. The quantitative estimate of drug-likeness (QED) is 0.310.